The van der Waals surface area contributed by atoms with Crippen molar-refractivity contribution in [2.24, 2.45) is 0 Å². The van der Waals surface area contributed by atoms with E-state index in [2.05, 4.69) is 22.3 Å². The van der Waals surface area contributed by atoms with Gasteiger partial charge in [0, 0.05) is 18.7 Å². The molecule has 1 aliphatic heterocycles. The van der Waals surface area contributed by atoms with E-state index in [0.29, 0.717) is 23.6 Å². The van der Waals surface area contributed by atoms with E-state index in [1.54, 1.807) is 18.2 Å². The minimum absolute atomic E-state index is 0.124. The number of ether oxygens (including phenoxy) is 2. The first-order chi connectivity index (χ1) is 11.1. The number of nitrogens with zero attached hydrogens (tertiary/aromatic N) is 1. The van der Waals surface area contributed by atoms with Crippen LogP contribution in [-0.2, 0) is 13.1 Å². The molecule has 0 aliphatic carbocycles. The van der Waals surface area contributed by atoms with E-state index in [9.17, 15) is 4.79 Å². The maximum absolute atomic E-state index is 12.2. The Hall–Kier alpha value is -2.53. The van der Waals surface area contributed by atoms with Crippen LogP contribution < -0.4 is 14.8 Å². The van der Waals surface area contributed by atoms with Gasteiger partial charge in [-0.3, -0.25) is 4.79 Å². The fraction of sp³-hybridized carbons (Fsp3) is 0.278. The summed E-state index contributed by atoms with van der Waals surface area (Å²) < 4.78 is 10.5. The Balaban J connectivity index is 1.58. The number of carbonyl (C=O) groups excluding carboxylic acids is 1. The van der Waals surface area contributed by atoms with Gasteiger partial charge in [-0.2, -0.15) is 0 Å². The highest BCUT2D eigenvalue weighted by Crippen LogP contribution is 2.32. The van der Waals surface area contributed by atoms with Crippen molar-refractivity contribution >= 4 is 5.91 Å². The quantitative estimate of drug-likeness (QED) is 0.921. The number of rotatable bonds is 5. The summed E-state index contributed by atoms with van der Waals surface area (Å²) in [5.41, 5.74) is 2.89. The van der Waals surface area contributed by atoms with Gasteiger partial charge in [-0.25, -0.2) is 0 Å². The molecule has 1 heterocycles. The Morgan fingerprint density at radius 1 is 1.04 bits per heavy atom. The summed E-state index contributed by atoms with van der Waals surface area (Å²) in [6.45, 7) is 1.61. The van der Waals surface area contributed by atoms with Crippen LogP contribution in [0.25, 0.3) is 0 Å². The minimum atomic E-state index is -0.124. The average molecular weight is 312 g/mol. The fourth-order valence-corrected chi connectivity index (χ4v) is 2.45. The molecule has 1 amide bonds. The lowest BCUT2D eigenvalue weighted by molar-refractivity contribution is 0.0950. The summed E-state index contributed by atoms with van der Waals surface area (Å²) in [6.07, 6.45) is 0. The third kappa shape index (κ3) is 3.81. The molecule has 0 radical (unpaired) electrons. The van der Waals surface area contributed by atoms with E-state index < -0.39 is 0 Å². The van der Waals surface area contributed by atoms with Crippen molar-refractivity contribution < 1.29 is 14.3 Å². The maximum atomic E-state index is 12.2. The normalized spacial score (nSPS) is 12.5. The van der Waals surface area contributed by atoms with Crippen molar-refractivity contribution in [1.82, 2.24) is 10.2 Å². The monoisotopic (exact) mass is 312 g/mol. The number of nitrogens with one attached hydrogen (secondary N) is 1. The molecule has 23 heavy (non-hydrogen) atoms. The molecule has 0 spiro atoms. The van der Waals surface area contributed by atoms with E-state index in [1.165, 1.54) is 5.56 Å². The molecule has 0 saturated carbocycles. The van der Waals surface area contributed by atoms with Gasteiger partial charge in [0.1, 0.15) is 0 Å². The Morgan fingerprint density at radius 2 is 1.74 bits per heavy atom. The van der Waals surface area contributed by atoms with E-state index in [-0.39, 0.29) is 12.7 Å². The van der Waals surface area contributed by atoms with Crippen molar-refractivity contribution in [2.45, 2.75) is 13.1 Å². The lowest BCUT2D eigenvalue weighted by Crippen LogP contribution is -2.22. The van der Waals surface area contributed by atoms with Gasteiger partial charge < -0.3 is 19.7 Å². The van der Waals surface area contributed by atoms with Gasteiger partial charge in [0.2, 0.25) is 6.79 Å². The van der Waals surface area contributed by atoms with Crippen molar-refractivity contribution in [1.29, 1.82) is 0 Å². The van der Waals surface area contributed by atoms with Gasteiger partial charge in [0.05, 0.1) is 0 Å². The number of hydrogen-bond acceptors (Lipinski definition) is 4. The van der Waals surface area contributed by atoms with Gasteiger partial charge in [0.15, 0.2) is 11.5 Å². The first kappa shape index (κ1) is 15.4. The van der Waals surface area contributed by atoms with Crippen LogP contribution in [-0.4, -0.2) is 31.7 Å². The zero-order valence-electron chi connectivity index (χ0n) is 13.3. The highest BCUT2D eigenvalue weighted by Gasteiger charge is 2.15. The molecule has 1 aliphatic rings. The van der Waals surface area contributed by atoms with Crippen LogP contribution in [0.15, 0.2) is 42.5 Å². The Kier molecular flexibility index (Phi) is 4.48. The molecule has 2 aromatic rings. The van der Waals surface area contributed by atoms with Crippen LogP contribution in [0.3, 0.4) is 0 Å². The summed E-state index contributed by atoms with van der Waals surface area (Å²) >= 11 is 0. The van der Waals surface area contributed by atoms with Crippen LogP contribution >= 0.6 is 0 Å². The van der Waals surface area contributed by atoms with E-state index >= 15 is 0 Å². The molecule has 0 saturated heterocycles. The molecule has 3 rings (SSSR count). The van der Waals surface area contributed by atoms with Gasteiger partial charge in [0.25, 0.3) is 5.91 Å². The third-order valence-electron chi connectivity index (χ3n) is 3.61. The molecule has 2 aromatic carbocycles. The lowest BCUT2D eigenvalue weighted by Gasteiger charge is -2.10. The number of amides is 1. The fourth-order valence-electron chi connectivity index (χ4n) is 2.45. The third-order valence-corrected chi connectivity index (χ3v) is 3.61. The molecule has 0 unspecified atom stereocenters. The predicted octanol–water partition coefficient (Wildman–Crippen LogP) is 2.41. The first-order valence-corrected chi connectivity index (χ1v) is 7.52. The molecule has 0 fully saturated rings. The highest BCUT2D eigenvalue weighted by molar-refractivity contribution is 5.94. The summed E-state index contributed by atoms with van der Waals surface area (Å²) in [4.78, 5) is 14.3. The SMILES string of the molecule is CN(C)Cc1ccc(CNC(=O)c2ccc3c(c2)OCO3)cc1. The second-order valence-corrected chi connectivity index (χ2v) is 5.80. The molecule has 0 bridgehead atoms. The molecular formula is C18H20N2O3. The topological polar surface area (TPSA) is 50.8 Å². The van der Waals surface area contributed by atoms with Crippen LogP contribution in [0.2, 0.25) is 0 Å². The molecule has 0 aromatic heterocycles. The van der Waals surface area contributed by atoms with Crippen molar-refractivity contribution in [2.75, 3.05) is 20.9 Å². The van der Waals surface area contributed by atoms with Crippen LogP contribution in [0.5, 0.6) is 11.5 Å². The van der Waals surface area contributed by atoms with E-state index in [4.69, 9.17) is 9.47 Å². The number of carbonyl (C=O) groups is 1. The second kappa shape index (κ2) is 6.71. The van der Waals surface area contributed by atoms with E-state index in [0.717, 1.165) is 12.1 Å². The summed E-state index contributed by atoms with van der Waals surface area (Å²) in [6, 6.07) is 13.5. The molecule has 5 heteroatoms. The summed E-state index contributed by atoms with van der Waals surface area (Å²) in [5, 5.41) is 2.92. The largest absolute Gasteiger partial charge is 0.454 e. The predicted molar refractivity (Wildman–Crippen MR) is 87.6 cm³/mol. The highest BCUT2D eigenvalue weighted by atomic mass is 16.7. The van der Waals surface area contributed by atoms with Crippen LogP contribution in [0.4, 0.5) is 0 Å². The summed E-state index contributed by atoms with van der Waals surface area (Å²) in [7, 11) is 4.08. The van der Waals surface area contributed by atoms with Crippen LogP contribution in [0, 0.1) is 0 Å². The number of fused-ring (bicyclic) bond motifs is 1. The van der Waals surface area contributed by atoms with Gasteiger partial charge in [-0.1, -0.05) is 24.3 Å². The Bertz CT molecular complexity index is 696. The molecule has 1 N–H and O–H groups in total. The zero-order valence-corrected chi connectivity index (χ0v) is 13.3. The van der Waals surface area contributed by atoms with Crippen LogP contribution in [0.1, 0.15) is 21.5 Å². The molecule has 5 nitrogen and oxygen atoms in total. The van der Waals surface area contributed by atoms with E-state index in [1.807, 2.05) is 26.2 Å². The maximum Gasteiger partial charge on any atom is 0.251 e. The lowest BCUT2D eigenvalue weighted by atomic mass is 10.1. The van der Waals surface area contributed by atoms with Gasteiger partial charge in [-0.05, 0) is 43.4 Å². The van der Waals surface area contributed by atoms with Crippen molar-refractivity contribution in [3.8, 4) is 11.5 Å². The average Bonchev–Trinajstić information content (AvgIpc) is 3.01. The number of hydrogen-bond donors (Lipinski definition) is 1. The smallest absolute Gasteiger partial charge is 0.251 e. The molecule has 120 valence electrons. The Morgan fingerprint density at radius 3 is 2.48 bits per heavy atom. The standard InChI is InChI=1S/C18H20N2O3/c1-20(2)11-14-5-3-13(4-6-14)10-19-18(21)15-7-8-16-17(9-15)23-12-22-16/h3-9H,10-12H2,1-2H3,(H,19,21). The number of benzene rings is 2. The molecular weight excluding hydrogens is 292 g/mol. The molecule has 0 atom stereocenters. The van der Waals surface area contributed by atoms with Crippen molar-refractivity contribution in [3.05, 3.63) is 59.2 Å². The van der Waals surface area contributed by atoms with Gasteiger partial charge >= 0.3 is 0 Å². The Labute approximate surface area is 135 Å². The summed E-state index contributed by atoms with van der Waals surface area (Å²) in [5.74, 6) is 1.17. The van der Waals surface area contributed by atoms with Gasteiger partial charge in [-0.15, -0.1) is 0 Å². The zero-order chi connectivity index (χ0) is 16.2. The first-order valence-electron chi connectivity index (χ1n) is 7.52. The van der Waals surface area contributed by atoms with Crippen molar-refractivity contribution in [3.63, 3.8) is 0 Å². The minimum Gasteiger partial charge on any atom is -0.454 e. The second-order valence-electron chi connectivity index (χ2n) is 5.80.